The summed E-state index contributed by atoms with van der Waals surface area (Å²) in [5, 5.41) is 4.16. The summed E-state index contributed by atoms with van der Waals surface area (Å²) in [6.07, 6.45) is 1.22. The zero-order valence-electron chi connectivity index (χ0n) is 15.9. The van der Waals surface area contributed by atoms with Gasteiger partial charge in [0.2, 0.25) is 17.6 Å². The van der Waals surface area contributed by atoms with Crippen LogP contribution in [0, 0.1) is 20.8 Å². The van der Waals surface area contributed by atoms with E-state index in [0.717, 1.165) is 16.7 Å². The highest BCUT2D eigenvalue weighted by molar-refractivity contribution is 5.79. The molecule has 3 aromatic rings. The van der Waals surface area contributed by atoms with Crippen molar-refractivity contribution in [3.05, 3.63) is 70.6 Å². The molecule has 1 fully saturated rings. The molecule has 1 aromatic heterocycles. The monoisotopic (exact) mass is 361 g/mol. The topological polar surface area (TPSA) is 59.2 Å². The van der Waals surface area contributed by atoms with Gasteiger partial charge in [0, 0.05) is 18.5 Å². The molecule has 0 spiro atoms. The lowest BCUT2D eigenvalue weighted by atomic mass is 10.0. The van der Waals surface area contributed by atoms with Gasteiger partial charge in [0.1, 0.15) is 6.04 Å². The minimum atomic E-state index is -0.163. The van der Waals surface area contributed by atoms with Crippen LogP contribution in [0.4, 0.5) is 0 Å². The Labute approximate surface area is 159 Å². The molecule has 1 aliphatic rings. The molecule has 1 amide bonds. The largest absolute Gasteiger partial charge is 0.337 e. The van der Waals surface area contributed by atoms with Gasteiger partial charge in [0.05, 0.1) is 0 Å². The summed E-state index contributed by atoms with van der Waals surface area (Å²) in [6.45, 7) is 6.75. The van der Waals surface area contributed by atoms with Gasteiger partial charge in [0.25, 0.3) is 0 Å². The Balaban J connectivity index is 1.61. The molecule has 1 saturated heterocycles. The van der Waals surface area contributed by atoms with Crippen LogP contribution in [0.1, 0.15) is 47.0 Å². The average Bonchev–Trinajstić information content (AvgIpc) is 3.25. The Bertz CT molecular complexity index is 993. The molecule has 2 heterocycles. The first-order valence-corrected chi connectivity index (χ1v) is 9.28. The number of rotatable bonds is 4. The summed E-state index contributed by atoms with van der Waals surface area (Å²) in [6, 6.07) is 14.1. The summed E-state index contributed by atoms with van der Waals surface area (Å²) in [5.74, 6) is 1.23. The van der Waals surface area contributed by atoms with Gasteiger partial charge in [-0.25, -0.2) is 0 Å². The average molecular weight is 361 g/mol. The third-order valence-corrected chi connectivity index (χ3v) is 5.28. The van der Waals surface area contributed by atoms with Gasteiger partial charge in [-0.1, -0.05) is 53.2 Å². The van der Waals surface area contributed by atoms with E-state index < -0.39 is 0 Å². The minimum absolute atomic E-state index is 0.135. The summed E-state index contributed by atoms with van der Waals surface area (Å²) < 4.78 is 5.57. The predicted octanol–water partition coefficient (Wildman–Crippen LogP) is 4.53. The smallest absolute Gasteiger partial charge is 0.249 e. The van der Waals surface area contributed by atoms with Gasteiger partial charge < -0.3 is 9.42 Å². The Kier molecular flexibility index (Phi) is 4.52. The summed E-state index contributed by atoms with van der Waals surface area (Å²) in [4.78, 5) is 19.0. The van der Waals surface area contributed by atoms with E-state index in [9.17, 15) is 4.79 Å². The van der Waals surface area contributed by atoms with Gasteiger partial charge in [-0.15, -0.1) is 0 Å². The van der Waals surface area contributed by atoms with Crippen molar-refractivity contribution in [3.8, 4) is 11.4 Å². The molecule has 4 rings (SSSR count). The molecule has 0 N–H and O–H groups in total. The van der Waals surface area contributed by atoms with E-state index in [1.54, 1.807) is 0 Å². The lowest BCUT2D eigenvalue weighted by Gasteiger charge is -2.23. The molecule has 138 valence electrons. The van der Waals surface area contributed by atoms with Crippen molar-refractivity contribution in [2.24, 2.45) is 0 Å². The first-order valence-electron chi connectivity index (χ1n) is 9.28. The van der Waals surface area contributed by atoms with Crippen LogP contribution < -0.4 is 0 Å². The second-order valence-electron chi connectivity index (χ2n) is 7.28. The van der Waals surface area contributed by atoms with E-state index in [0.29, 0.717) is 31.1 Å². The molecule has 1 atom stereocenters. The molecule has 0 saturated carbocycles. The zero-order chi connectivity index (χ0) is 19.0. The van der Waals surface area contributed by atoms with Gasteiger partial charge in [-0.05, 0) is 43.9 Å². The van der Waals surface area contributed by atoms with Gasteiger partial charge >= 0.3 is 0 Å². The van der Waals surface area contributed by atoms with Crippen molar-refractivity contribution in [3.63, 3.8) is 0 Å². The predicted molar refractivity (Wildman–Crippen MR) is 103 cm³/mol. The molecule has 0 bridgehead atoms. The van der Waals surface area contributed by atoms with Crippen LogP contribution >= 0.6 is 0 Å². The molecule has 0 radical (unpaired) electrons. The number of hydrogen-bond acceptors (Lipinski definition) is 4. The highest BCUT2D eigenvalue weighted by Gasteiger charge is 2.36. The number of benzene rings is 2. The lowest BCUT2D eigenvalue weighted by Crippen LogP contribution is -2.27. The Morgan fingerprint density at radius 2 is 1.93 bits per heavy atom. The standard InChI is InChI=1S/C22H23N3O2/c1-14-8-9-17(16(3)12-14)13-25-19(10-11-20(25)26)22-23-21(24-27-22)18-7-5-4-6-15(18)2/h4-9,12,19H,10-11,13H2,1-3H3. The van der Waals surface area contributed by atoms with Crippen LogP contribution in [0.25, 0.3) is 11.4 Å². The molecule has 0 aliphatic carbocycles. The van der Waals surface area contributed by atoms with Crippen molar-refractivity contribution in [2.75, 3.05) is 0 Å². The van der Waals surface area contributed by atoms with Crippen LogP contribution in [0.5, 0.6) is 0 Å². The van der Waals surface area contributed by atoms with Crippen molar-refractivity contribution in [1.29, 1.82) is 0 Å². The van der Waals surface area contributed by atoms with Crippen molar-refractivity contribution in [1.82, 2.24) is 15.0 Å². The van der Waals surface area contributed by atoms with E-state index >= 15 is 0 Å². The van der Waals surface area contributed by atoms with Crippen LogP contribution in [-0.4, -0.2) is 20.9 Å². The third kappa shape index (κ3) is 3.37. The Morgan fingerprint density at radius 1 is 1.11 bits per heavy atom. The summed E-state index contributed by atoms with van der Waals surface area (Å²) in [5.41, 5.74) is 5.62. The van der Waals surface area contributed by atoms with Crippen LogP contribution in [0.15, 0.2) is 47.0 Å². The van der Waals surface area contributed by atoms with E-state index in [2.05, 4.69) is 42.2 Å². The number of aryl methyl sites for hydroxylation is 3. The lowest BCUT2D eigenvalue weighted by molar-refractivity contribution is -0.130. The van der Waals surface area contributed by atoms with Gasteiger partial charge in [0.15, 0.2) is 0 Å². The number of nitrogens with zero attached hydrogens (tertiary/aromatic N) is 3. The molecule has 5 nitrogen and oxygen atoms in total. The Morgan fingerprint density at radius 3 is 2.70 bits per heavy atom. The van der Waals surface area contributed by atoms with Gasteiger partial charge in [-0.2, -0.15) is 4.98 Å². The van der Waals surface area contributed by atoms with Crippen molar-refractivity contribution >= 4 is 5.91 Å². The van der Waals surface area contributed by atoms with E-state index in [-0.39, 0.29) is 11.9 Å². The first kappa shape index (κ1) is 17.5. The van der Waals surface area contributed by atoms with E-state index in [4.69, 9.17) is 4.52 Å². The fourth-order valence-corrected chi connectivity index (χ4v) is 3.70. The highest BCUT2D eigenvalue weighted by Crippen LogP contribution is 2.34. The van der Waals surface area contributed by atoms with Crippen LogP contribution in [-0.2, 0) is 11.3 Å². The fourth-order valence-electron chi connectivity index (χ4n) is 3.70. The summed E-state index contributed by atoms with van der Waals surface area (Å²) >= 11 is 0. The SMILES string of the molecule is Cc1ccc(CN2C(=O)CCC2c2nc(-c3ccccc3C)no2)c(C)c1. The Hall–Kier alpha value is -2.95. The van der Waals surface area contributed by atoms with E-state index in [1.165, 1.54) is 11.1 Å². The zero-order valence-corrected chi connectivity index (χ0v) is 15.9. The van der Waals surface area contributed by atoms with Crippen molar-refractivity contribution in [2.45, 2.75) is 46.2 Å². The third-order valence-electron chi connectivity index (χ3n) is 5.28. The molecule has 5 heteroatoms. The maximum absolute atomic E-state index is 12.5. The number of amides is 1. The maximum Gasteiger partial charge on any atom is 0.249 e. The molecule has 1 aliphatic heterocycles. The number of aromatic nitrogens is 2. The molecular weight excluding hydrogens is 338 g/mol. The molecular formula is C22H23N3O2. The normalized spacial score (nSPS) is 16.9. The second kappa shape index (κ2) is 6.99. The number of carbonyl (C=O) groups excluding carboxylic acids is 1. The fraction of sp³-hybridized carbons (Fsp3) is 0.318. The number of carbonyl (C=O) groups is 1. The molecule has 2 aromatic carbocycles. The molecule has 1 unspecified atom stereocenters. The van der Waals surface area contributed by atoms with Gasteiger partial charge in [-0.3, -0.25) is 4.79 Å². The minimum Gasteiger partial charge on any atom is -0.337 e. The van der Waals surface area contributed by atoms with Crippen LogP contribution in [0.2, 0.25) is 0 Å². The van der Waals surface area contributed by atoms with Crippen molar-refractivity contribution < 1.29 is 9.32 Å². The van der Waals surface area contributed by atoms with E-state index in [1.807, 2.05) is 36.1 Å². The number of likely N-dealkylation sites (tertiary alicyclic amines) is 1. The second-order valence-corrected chi connectivity index (χ2v) is 7.28. The highest BCUT2D eigenvalue weighted by atomic mass is 16.5. The quantitative estimate of drug-likeness (QED) is 0.685. The number of hydrogen-bond donors (Lipinski definition) is 0. The van der Waals surface area contributed by atoms with Crippen LogP contribution in [0.3, 0.4) is 0 Å². The maximum atomic E-state index is 12.5. The summed E-state index contributed by atoms with van der Waals surface area (Å²) in [7, 11) is 0. The first-order chi connectivity index (χ1) is 13.0. The molecule has 27 heavy (non-hydrogen) atoms.